The van der Waals surface area contributed by atoms with Crippen molar-refractivity contribution in [3.05, 3.63) is 55.9 Å². The van der Waals surface area contributed by atoms with Gasteiger partial charge < -0.3 is 5.32 Å². The molecule has 0 spiro atoms. The van der Waals surface area contributed by atoms with Gasteiger partial charge in [0.1, 0.15) is 5.82 Å². The fraction of sp³-hybridized carbons (Fsp3) is 0.231. The van der Waals surface area contributed by atoms with Gasteiger partial charge in [-0.1, -0.05) is 35.3 Å². The van der Waals surface area contributed by atoms with Crippen LogP contribution in [0.2, 0.25) is 9.36 Å². The van der Waals surface area contributed by atoms with Crippen LogP contribution in [0, 0.1) is 5.82 Å². The van der Waals surface area contributed by atoms with Gasteiger partial charge in [-0.05, 0) is 25.2 Å². The van der Waals surface area contributed by atoms with E-state index in [0.29, 0.717) is 12.0 Å². The third kappa shape index (κ3) is 3.04. The second kappa shape index (κ2) is 6.02. The van der Waals surface area contributed by atoms with E-state index >= 15 is 0 Å². The lowest BCUT2D eigenvalue weighted by molar-refractivity contribution is 0.536. The topological polar surface area (TPSA) is 12.0 Å². The Morgan fingerprint density at radius 1 is 1.28 bits per heavy atom. The van der Waals surface area contributed by atoms with Gasteiger partial charge in [-0.2, -0.15) is 0 Å². The first-order valence-corrected chi connectivity index (χ1v) is 7.04. The molecule has 0 aliphatic heterocycles. The molecule has 2 aromatic rings. The van der Waals surface area contributed by atoms with E-state index in [4.69, 9.17) is 23.2 Å². The molecule has 0 saturated heterocycles. The summed E-state index contributed by atoms with van der Waals surface area (Å²) in [6.45, 7) is 0. The molecule has 0 radical (unpaired) electrons. The van der Waals surface area contributed by atoms with Crippen LogP contribution >= 0.6 is 34.5 Å². The number of halogens is 3. The lowest BCUT2D eigenvalue weighted by Crippen LogP contribution is -2.19. The van der Waals surface area contributed by atoms with E-state index in [0.717, 1.165) is 9.21 Å². The Labute approximate surface area is 120 Å². The van der Waals surface area contributed by atoms with E-state index in [1.807, 2.05) is 12.1 Å². The second-order valence-electron chi connectivity index (χ2n) is 3.89. The molecule has 0 aliphatic carbocycles. The SMILES string of the molecule is CNC(Cc1ccc(Cl)s1)c1cccc(Cl)c1F. The molecule has 1 aromatic carbocycles. The van der Waals surface area contributed by atoms with Crippen molar-refractivity contribution in [1.82, 2.24) is 5.32 Å². The maximum absolute atomic E-state index is 14.0. The normalized spacial score (nSPS) is 12.7. The zero-order valence-electron chi connectivity index (χ0n) is 9.71. The van der Waals surface area contributed by atoms with Crippen LogP contribution < -0.4 is 5.32 Å². The molecular weight excluding hydrogens is 292 g/mol. The molecule has 0 bridgehead atoms. The Hall–Kier alpha value is -0.610. The summed E-state index contributed by atoms with van der Waals surface area (Å²) in [6.07, 6.45) is 0.686. The fourth-order valence-electron chi connectivity index (χ4n) is 1.82. The first kappa shape index (κ1) is 13.8. The van der Waals surface area contributed by atoms with Crippen molar-refractivity contribution in [2.75, 3.05) is 7.05 Å². The van der Waals surface area contributed by atoms with Crippen molar-refractivity contribution >= 4 is 34.5 Å². The molecule has 0 aliphatic rings. The molecule has 18 heavy (non-hydrogen) atoms. The molecule has 1 nitrogen and oxygen atoms in total. The largest absolute Gasteiger partial charge is 0.313 e. The zero-order chi connectivity index (χ0) is 13.1. The zero-order valence-corrected chi connectivity index (χ0v) is 12.0. The van der Waals surface area contributed by atoms with Crippen LogP contribution in [-0.2, 0) is 6.42 Å². The van der Waals surface area contributed by atoms with Crippen molar-refractivity contribution in [1.29, 1.82) is 0 Å². The monoisotopic (exact) mass is 303 g/mol. The molecule has 1 unspecified atom stereocenters. The van der Waals surface area contributed by atoms with Gasteiger partial charge in [-0.25, -0.2) is 4.39 Å². The van der Waals surface area contributed by atoms with E-state index in [9.17, 15) is 4.39 Å². The van der Waals surface area contributed by atoms with Gasteiger partial charge in [0, 0.05) is 22.9 Å². The first-order valence-electron chi connectivity index (χ1n) is 5.47. The van der Waals surface area contributed by atoms with Gasteiger partial charge in [0.05, 0.1) is 9.36 Å². The van der Waals surface area contributed by atoms with Crippen molar-refractivity contribution in [2.24, 2.45) is 0 Å². The van der Waals surface area contributed by atoms with Crippen molar-refractivity contribution < 1.29 is 4.39 Å². The van der Waals surface area contributed by atoms with Crippen molar-refractivity contribution in [3.63, 3.8) is 0 Å². The van der Waals surface area contributed by atoms with E-state index in [2.05, 4.69) is 5.32 Å². The minimum absolute atomic E-state index is 0.113. The van der Waals surface area contributed by atoms with Crippen LogP contribution in [0.4, 0.5) is 4.39 Å². The quantitative estimate of drug-likeness (QED) is 0.863. The van der Waals surface area contributed by atoms with Gasteiger partial charge in [0.2, 0.25) is 0 Å². The van der Waals surface area contributed by atoms with Crippen molar-refractivity contribution in [2.45, 2.75) is 12.5 Å². The van der Waals surface area contributed by atoms with Crippen LogP contribution in [0.15, 0.2) is 30.3 Å². The van der Waals surface area contributed by atoms with E-state index in [-0.39, 0.29) is 16.9 Å². The maximum Gasteiger partial charge on any atom is 0.146 e. The maximum atomic E-state index is 14.0. The Balaban J connectivity index is 2.25. The van der Waals surface area contributed by atoms with E-state index < -0.39 is 0 Å². The highest BCUT2D eigenvalue weighted by molar-refractivity contribution is 7.16. The minimum Gasteiger partial charge on any atom is -0.313 e. The van der Waals surface area contributed by atoms with Crippen LogP contribution in [0.1, 0.15) is 16.5 Å². The van der Waals surface area contributed by atoms with Gasteiger partial charge in [0.25, 0.3) is 0 Å². The molecular formula is C13H12Cl2FNS. The minimum atomic E-state index is -0.360. The number of hydrogen-bond acceptors (Lipinski definition) is 2. The molecule has 0 amide bonds. The predicted molar refractivity (Wildman–Crippen MR) is 76.2 cm³/mol. The molecule has 0 saturated carbocycles. The molecule has 0 fully saturated rings. The van der Waals surface area contributed by atoms with Crippen LogP contribution in [0.3, 0.4) is 0 Å². The molecule has 5 heteroatoms. The average Bonchev–Trinajstić information content (AvgIpc) is 2.76. The van der Waals surface area contributed by atoms with Gasteiger partial charge in [-0.15, -0.1) is 11.3 Å². The second-order valence-corrected chi connectivity index (χ2v) is 6.10. The number of benzene rings is 1. The number of nitrogens with one attached hydrogen (secondary N) is 1. The van der Waals surface area contributed by atoms with E-state index in [1.165, 1.54) is 11.3 Å². The molecule has 96 valence electrons. The number of hydrogen-bond donors (Lipinski definition) is 1. The highest BCUT2D eigenvalue weighted by Crippen LogP contribution is 2.29. The number of rotatable bonds is 4. The Bertz CT molecular complexity index is 542. The third-order valence-corrected chi connectivity index (χ3v) is 4.28. The van der Waals surface area contributed by atoms with E-state index in [1.54, 1.807) is 25.2 Å². The molecule has 1 aromatic heterocycles. The summed E-state index contributed by atoms with van der Waals surface area (Å²) in [5.74, 6) is -0.360. The summed E-state index contributed by atoms with van der Waals surface area (Å²) in [4.78, 5) is 1.11. The van der Waals surface area contributed by atoms with Crippen LogP contribution in [0.5, 0.6) is 0 Å². The average molecular weight is 304 g/mol. The lowest BCUT2D eigenvalue weighted by atomic mass is 10.0. The summed E-state index contributed by atoms with van der Waals surface area (Å²) in [6, 6.07) is 8.75. The molecule has 1 N–H and O–H groups in total. The lowest BCUT2D eigenvalue weighted by Gasteiger charge is -2.17. The Kier molecular flexibility index (Phi) is 4.62. The van der Waals surface area contributed by atoms with Crippen molar-refractivity contribution in [3.8, 4) is 0 Å². The fourth-order valence-corrected chi connectivity index (χ4v) is 3.13. The van der Waals surface area contributed by atoms with Gasteiger partial charge >= 0.3 is 0 Å². The standard InChI is InChI=1S/C13H12Cl2FNS/c1-17-11(7-8-5-6-12(15)18-8)9-3-2-4-10(14)13(9)16/h2-6,11,17H,7H2,1H3. The summed E-state index contributed by atoms with van der Waals surface area (Å²) < 4.78 is 14.7. The summed E-state index contributed by atoms with van der Waals surface area (Å²) in [5, 5.41) is 3.26. The number of thiophene rings is 1. The number of likely N-dealkylation sites (N-methyl/N-ethyl adjacent to an activating group) is 1. The van der Waals surface area contributed by atoms with Gasteiger partial charge in [0.15, 0.2) is 0 Å². The first-order chi connectivity index (χ1) is 8.61. The third-order valence-electron chi connectivity index (χ3n) is 2.74. The van der Waals surface area contributed by atoms with Crippen LogP contribution in [0.25, 0.3) is 0 Å². The van der Waals surface area contributed by atoms with Crippen LogP contribution in [-0.4, -0.2) is 7.05 Å². The highest BCUT2D eigenvalue weighted by Gasteiger charge is 2.17. The van der Waals surface area contributed by atoms with Gasteiger partial charge in [-0.3, -0.25) is 0 Å². The Morgan fingerprint density at radius 2 is 2.06 bits per heavy atom. The summed E-state index contributed by atoms with van der Waals surface area (Å²) in [5.41, 5.74) is 0.578. The summed E-state index contributed by atoms with van der Waals surface area (Å²) >= 11 is 13.2. The summed E-state index contributed by atoms with van der Waals surface area (Å²) in [7, 11) is 1.81. The smallest absolute Gasteiger partial charge is 0.146 e. The highest BCUT2D eigenvalue weighted by atomic mass is 35.5. The Morgan fingerprint density at radius 3 is 2.67 bits per heavy atom. The predicted octanol–water partition coefficient (Wildman–Crippen LogP) is 4.70. The molecule has 1 heterocycles. The molecule has 2 rings (SSSR count). The molecule has 1 atom stereocenters.